The third kappa shape index (κ3) is 6.92. The largest absolute Gasteiger partial charge is 0.495 e. The average molecular weight is 688 g/mol. The maximum Gasteiger partial charge on any atom is 0.435 e. The number of ether oxygens (including phenoxy) is 2. The summed E-state index contributed by atoms with van der Waals surface area (Å²) in [6, 6.07) is 30.2. The van der Waals surface area contributed by atoms with Gasteiger partial charge in [0.2, 0.25) is 17.7 Å². The molecule has 0 saturated carbocycles. The lowest BCUT2D eigenvalue weighted by atomic mass is 9.98. The van der Waals surface area contributed by atoms with Crippen LogP contribution < -0.4 is 19.4 Å². The molecule has 262 valence electrons. The molecule has 0 radical (unpaired) electrons. The minimum Gasteiger partial charge on any atom is -0.495 e. The highest BCUT2D eigenvalue weighted by Gasteiger charge is 2.43. The van der Waals surface area contributed by atoms with Gasteiger partial charge in [-0.25, -0.2) is 4.79 Å². The molecule has 2 heterocycles. The van der Waals surface area contributed by atoms with Gasteiger partial charge in [0.1, 0.15) is 23.8 Å². The van der Waals surface area contributed by atoms with E-state index in [1.807, 2.05) is 44.2 Å². The fourth-order valence-electron chi connectivity index (χ4n) is 6.41. The number of fused-ring (bicyclic) bond motifs is 2. The molecule has 1 unspecified atom stereocenters. The van der Waals surface area contributed by atoms with Gasteiger partial charge in [0.05, 0.1) is 35.4 Å². The molecule has 11 heteroatoms. The molecule has 6 rings (SSSR count). The number of nitrogens with zero attached hydrogens (tertiary/aromatic N) is 5. The summed E-state index contributed by atoms with van der Waals surface area (Å²) in [5.74, 6) is -2.22. The van der Waals surface area contributed by atoms with Crippen LogP contribution in [0.25, 0.3) is 10.9 Å². The van der Waals surface area contributed by atoms with Gasteiger partial charge in [0.15, 0.2) is 0 Å². The van der Waals surface area contributed by atoms with Gasteiger partial charge in [-0.3, -0.25) is 19.3 Å². The van der Waals surface area contributed by atoms with E-state index in [1.54, 1.807) is 106 Å². The molecule has 0 N–H and O–H groups in total. The van der Waals surface area contributed by atoms with Gasteiger partial charge < -0.3 is 19.3 Å². The number of amides is 3. The summed E-state index contributed by atoms with van der Waals surface area (Å²) in [6.45, 7) is 8.71. The van der Waals surface area contributed by atoms with Crippen LogP contribution >= 0.6 is 0 Å². The van der Waals surface area contributed by atoms with E-state index in [4.69, 9.17) is 9.47 Å². The first-order chi connectivity index (χ1) is 24.4. The van der Waals surface area contributed by atoms with E-state index in [2.05, 4.69) is 5.10 Å². The number of anilines is 4. The van der Waals surface area contributed by atoms with E-state index < -0.39 is 29.4 Å². The SMILES string of the molecule is COc1ccccc1N(C(=O)CN1C(=O)C(Cc2nn(C(=O)OC(C)(C)C)c3ccccc23)C(=O)N(c2ccccc2)c2ccccc21)C(C)C. The molecule has 1 aromatic heterocycles. The molecule has 1 aliphatic heterocycles. The highest BCUT2D eigenvalue weighted by Crippen LogP contribution is 2.40. The zero-order valence-corrected chi connectivity index (χ0v) is 29.6. The maximum absolute atomic E-state index is 14.9. The average Bonchev–Trinajstić information content (AvgIpc) is 3.44. The van der Waals surface area contributed by atoms with Crippen molar-refractivity contribution in [3.05, 3.63) is 109 Å². The lowest BCUT2D eigenvalue weighted by Gasteiger charge is -2.31. The minimum absolute atomic E-state index is 0.142. The maximum atomic E-state index is 14.9. The zero-order valence-electron chi connectivity index (χ0n) is 29.6. The standard InChI is InChI=1S/C40H41N5O6/c1-26(2)43(34-22-14-15-23-35(34)50-6)36(46)25-42-32-20-12-13-21-33(32)44(27-16-8-7-9-17-27)38(48)29(37(42)47)24-30-28-18-10-11-19-31(28)45(41-30)39(49)51-40(3,4)5/h7-23,26,29H,24-25H2,1-6H3. The van der Waals surface area contributed by atoms with E-state index in [0.717, 1.165) is 0 Å². The normalized spacial score (nSPS) is 14.8. The van der Waals surface area contributed by atoms with Crippen LogP contribution in [-0.4, -0.2) is 58.9 Å². The highest BCUT2D eigenvalue weighted by atomic mass is 16.6. The summed E-state index contributed by atoms with van der Waals surface area (Å²) in [5, 5.41) is 5.22. The quantitative estimate of drug-likeness (QED) is 0.159. The van der Waals surface area contributed by atoms with E-state index in [0.29, 0.717) is 45.1 Å². The third-order valence-electron chi connectivity index (χ3n) is 8.56. The van der Waals surface area contributed by atoms with Crippen LogP contribution in [0.4, 0.5) is 27.5 Å². The van der Waals surface area contributed by atoms with E-state index in [1.165, 1.54) is 14.5 Å². The monoisotopic (exact) mass is 687 g/mol. The number of benzene rings is 4. The fraction of sp³-hybridized carbons (Fsp3) is 0.275. The Hall–Kier alpha value is -5.97. The van der Waals surface area contributed by atoms with Crippen LogP contribution in [0.15, 0.2) is 103 Å². The number of rotatable bonds is 8. The number of aromatic nitrogens is 2. The smallest absolute Gasteiger partial charge is 0.435 e. The number of methoxy groups -OCH3 is 1. The molecule has 5 aromatic rings. The Kier molecular flexibility index (Phi) is 9.64. The van der Waals surface area contributed by atoms with Crippen molar-refractivity contribution in [3.63, 3.8) is 0 Å². The molecule has 4 aromatic carbocycles. The zero-order chi connectivity index (χ0) is 36.4. The predicted molar refractivity (Wildman–Crippen MR) is 197 cm³/mol. The fourth-order valence-corrected chi connectivity index (χ4v) is 6.41. The Morgan fingerprint density at radius 2 is 1.45 bits per heavy atom. The molecular weight excluding hydrogens is 646 g/mol. The Balaban J connectivity index is 1.47. The van der Waals surface area contributed by atoms with Crippen molar-refractivity contribution < 1.29 is 28.7 Å². The van der Waals surface area contributed by atoms with Gasteiger partial charge in [0, 0.05) is 23.5 Å². The molecule has 0 bridgehead atoms. The van der Waals surface area contributed by atoms with Crippen molar-refractivity contribution in [1.29, 1.82) is 0 Å². The molecule has 1 aliphatic rings. The van der Waals surface area contributed by atoms with Gasteiger partial charge in [-0.15, -0.1) is 0 Å². The molecule has 3 amide bonds. The summed E-state index contributed by atoms with van der Waals surface area (Å²) < 4.78 is 12.4. The van der Waals surface area contributed by atoms with Crippen LogP contribution in [0.3, 0.4) is 0 Å². The molecule has 51 heavy (non-hydrogen) atoms. The van der Waals surface area contributed by atoms with Crippen molar-refractivity contribution in [1.82, 2.24) is 9.78 Å². The van der Waals surface area contributed by atoms with Crippen LogP contribution in [-0.2, 0) is 25.5 Å². The van der Waals surface area contributed by atoms with Crippen molar-refractivity contribution in [2.24, 2.45) is 5.92 Å². The van der Waals surface area contributed by atoms with Crippen LogP contribution in [0.1, 0.15) is 40.3 Å². The van der Waals surface area contributed by atoms with Crippen molar-refractivity contribution >= 4 is 57.5 Å². The number of hydrogen-bond donors (Lipinski definition) is 0. The van der Waals surface area contributed by atoms with Crippen LogP contribution in [0.5, 0.6) is 5.75 Å². The number of hydrogen-bond acceptors (Lipinski definition) is 7. The minimum atomic E-state index is -1.31. The topological polar surface area (TPSA) is 114 Å². The molecule has 0 aliphatic carbocycles. The summed E-state index contributed by atoms with van der Waals surface area (Å²) >= 11 is 0. The predicted octanol–water partition coefficient (Wildman–Crippen LogP) is 7.14. The lowest BCUT2D eigenvalue weighted by Crippen LogP contribution is -2.48. The van der Waals surface area contributed by atoms with Gasteiger partial charge in [-0.2, -0.15) is 9.78 Å². The Bertz CT molecular complexity index is 2100. The Morgan fingerprint density at radius 3 is 2.14 bits per heavy atom. The second-order valence-corrected chi connectivity index (χ2v) is 13.6. The van der Waals surface area contributed by atoms with Crippen molar-refractivity contribution in [2.75, 3.05) is 28.4 Å². The van der Waals surface area contributed by atoms with Gasteiger partial charge in [0.25, 0.3) is 0 Å². The first kappa shape index (κ1) is 34.9. The summed E-state index contributed by atoms with van der Waals surface area (Å²) in [4.78, 5) is 61.9. The van der Waals surface area contributed by atoms with E-state index >= 15 is 0 Å². The number of para-hydroxylation sites is 6. The number of carbonyl (C=O) groups is 4. The Morgan fingerprint density at radius 1 is 0.824 bits per heavy atom. The number of carbonyl (C=O) groups excluding carboxylic acids is 4. The molecule has 0 spiro atoms. The second kappa shape index (κ2) is 14.1. The van der Waals surface area contributed by atoms with E-state index in [9.17, 15) is 19.2 Å². The van der Waals surface area contributed by atoms with E-state index in [-0.39, 0.29) is 24.9 Å². The first-order valence-corrected chi connectivity index (χ1v) is 16.8. The molecule has 11 nitrogen and oxygen atoms in total. The molecule has 1 atom stereocenters. The molecule has 0 saturated heterocycles. The van der Waals surface area contributed by atoms with Gasteiger partial charge in [-0.1, -0.05) is 60.7 Å². The van der Waals surface area contributed by atoms with Gasteiger partial charge in [-0.05, 0) is 77.1 Å². The third-order valence-corrected chi connectivity index (χ3v) is 8.56. The first-order valence-electron chi connectivity index (χ1n) is 16.8. The van der Waals surface area contributed by atoms with Gasteiger partial charge >= 0.3 is 6.09 Å². The summed E-state index contributed by atoms with van der Waals surface area (Å²) in [7, 11) is 1.54. The van der Waals surface area contributed by atoms with Crippen LogP contribution in [0.2, 0.25) is 0 Å². The van der Waals surface area contributed by atoms with Crippen molar-refractivity contribution in [2.45, 2.75) is 52.7 Å². The summed E-state index contributed by atoms with van der Waals surface area (Å²) in [6.07, 6.45) is -0.824. The Labute approximate surface area is 297 Å². The lowest BCUT2D eigenvalue weighted by molar-refractivity contribution is -0.132. The molecule has 0 fully saturated rings. The van der Waals surface area contributed by atoms with Crippen molar-refractivity contribution in [3.8, 4) is 5.75 Å². The van der Waals surface area contributed by atoms with Crippen LogP contribution in [0, 0.1) is 5.92 Å². The molecular formula is C40H41N5O6. The highest BCUT2D eigenvalue weighted by molar-refractivity contribution is 6.21. The second-order valence-electron chi connectivity index (χ2n) is 13.6. The summed E-state index contributed by atoms with van der Waals surface area (Å²) in [5.41, 5.74) is 2.05.